The van der Waals surface area contributed by atoms with Crippen molar-refractivity contribution in [2.45, 2.75) is 13.3 Å². The van der Waals surface area contributed by atoms with Gasteiger partial charge in [0.25, 0.3) is 0 Å². The molecule has 0 fully saturated rings. The summed E-state index contributed by atoms with van der Waals surface area (Å²) >= 11 is 0. The largest absolute Gasteiger partial charge is 0.0984 e. The van der Waals surface area contributed by atoms with Crippen molar-refractivity contribution in [3.05, 3.63) is 72.3 Å². The molecule has 0 unspecified atom stereocenters. The Morgan fingerprint density at radius 2 is 1.44 bits per heavy atom. The Balaban J connectivity index is 2.56. The molecule has 0 aliphatic rings. The first-order chi connectivity index (χ1) is 8.86. The Morgan fingerprint density at radius 3 is 2.06 bits per heavy atom. The highest BCUT2D eigenvalue weighted by atomic mass is 14.1. The van der Waals surface area contributed by atoms with Crippen LogP contribution in [0.15, 0.2) is 61.2 Å². The third-order valence-corrected chi connectivity index (χ3v) is 2.96. The van der Waals surface area contributed by atoms with Crippen LogP contribution in [0.5, 0.6) is 0 Å². The van der Waals surface area contributed by atoms with Crippen LogP contribution in [0.25, 0.3) is 23.3 Å². The van der Waals surface area contributed by atoms with Crippen LogP contribution in [0.3, 0.4) is 0 Å². The van der Waals surface area contributed by atoms with E-state index in [1.807, 2.05) is 12.1 Å². The van der Waals surface area contributed by atoms with E-state index in [0.717, 1.165) is 6.42 Å². The van der Waals surface area contributed by atoms with E-state index in [2.05, 4.69) is 68.1 Å². The van der Waals surface area contributed by atoms with Gasteiger partial charge in [0.1, 0.15) is 0 Å². The molecule has 0 spiro atoms. The molecule has 0 nitrogen and oxygen atoms in total. The predicted octanol–water partition coefficient (Wildman–Crippen LogP) is 5.42. The topological polar surface area (TPSA) is 0 Å². The lowest BCUT2D eigenvalue weighted by Crippen LogP contribution is -1.86. The smallest absolute Gasteiger partial charge is 0.0106 e. The van der Waals surface area contributed by atoms with Gasteiger partial charge >= 0.3 is 0 Å². The molecule has 90 valence electrons. The van der Waals surface area contributed by atoms with Crippen LogP contribution in [0, 0.1) is 0 Å². The molecule has 2 rings (SSSR count). The zero-order valence-electron chi connectivity index (χ0n) is 10.8. The maximum atomic E-state index is 3.89. The van der Waals surface area contributed by atoms with Gasteiger partial charge in [-0.1, -0.05) is 80.3 Å². The minimum Gasteiger partial charge on any atom is -0.0984 e. The van der Waals surface area contributed by atoms with E-state index in [1.165, 1.54) is 22.3 Å². The molecule has 18 heavy (non-hydrogen) atoms. The Morgan fingerprint density at radius 1 is 0.889 bits per heavy atom. The van der Waals surface area contributed by atoms with Gasteiger partial charge in [-0.05, 0) is 28.7 Å². The maximum absolute atomic E-state index is 3.89. The SMILES string of the molecule is C=Cc1ccccc1-c1ccccc1C=CCC. The molecule has 2 aromatic rings. The van der Waals surface area contributed by atoms with E-state index in [-0.39, 0.29) is 0 Å². The van der Waals surface area contributed by atoms with Crippen LogP contribution in [0.2, 0.25) is 0 Å². The van der Waals surface area contributed by atoms with Crippen molar-refractivity contribution in [1.82, 2.24) is 0 Å². The molecule has 0 saturated carbocycles. The maximum Gasteiger partial charge on any atom is -0.0106 e. The highest BCUT2D eigenvalue weighted by Gasteiger charge is 2.04. The van der Waals surface area contributed by atoms with Gasteiger partial charge in [-0.2, -0.15) is 0 Å². The quantitative estimate of drug-likeness (QED) is 0.662. The van der Waals surface area contributed by atoms with Gasteiger partial charge in [0.15, 0.2) is 0 Å². The summed E-state index contributed by atoms with van der Waals surface area (Å²) in [5, 5.41) is 0. The summed E-state index contributed by atoms with van der Waals surface area (Å²) in [4.78, 5) is 0. The third kappa shape index (κ3) is 2.60. The van der Waals surface area contributed by atoms with Crippen LogP contribution in [0.4, 0.5) is 0 Å². The summed E-state index contributed by atoms with van der Waals surface area (Å²) in [5.74, 6) is 0. The van der Waals surface area contributed by atoms with E-state index in [1.54, 1.807) is 0 Å². The molecule has 0 radical (unpaired) electrons. The monoisotopic (exact) mass is 234 g/mol. The molecule has 0 saturated heterocycles. The van der Waals surface area contributed by atoms with Crippen molar-refractivity contribution in [3.8, 4) is 11.1 Å². The zero-order chi connectivity index (χ0) is 12.8. The summed E-state index contributed by atoms with van der Waals surface area (Å²) in [6, 6.07) is 16.8. The average Bonchev–Trinajstić information content (AvgIpc) is 2.45. The molecule has 0 aromatic heterocycles. The summed E-state index contributed by atoms with van der Waals surface area (Å²) in [6.45, 7) is 6.04. The molecule has 0 amide bonds. The minimum atomic E-state index is 1.05. The Bertz CT molecular complexity index is 562. The molecule has 0 heteroatoms. The fraction of sp³-hybridized carbons (Fsp3) is 0.111. The van der Waals surface area contributed by atoms with Gasteiger partial charge in [0.2, 0.25) is 0 Å². The third-order valence-electron chi connectivity index (χ3n) is 2.96. The summed E-state index contributed by atoms with van der Waals surface area (Å²) in [5.41, 5.74) is 4.94. The van der Waals surface area contributed by atoms with Crippen molar-refractivity contribution in [1.29, 1.82) is 0 Å². The van der Waals surface area contributed by atoms with Crippen molar-refractivity contribution >= 4 is 12.2 Å². The van der Waals surface area contributed by atoms with Gasteiger partial charge in [0.05, 0.1) is 0 Å². The summed E-state index contributed by atoms with van der Waals surface area (Å²) in [7, 11) is 0. The number of allylic oxidation sites excluding steroid dienone is 1. The van der Waals surface area contributed by atoms with Crippen LogP contribution in [0.1, 0.15) is 24.5 Å². The van der Waals surface area contributed by atoms with Crippen molar-refractivity contribution in [3.63, 3.8) is 0 Å². The van der Waals surface area contributed by atoms with E-state index in [0.29, 0.717) is 0 Å². The molecule has 0 N–H and O–H groups in total. The highest BCUT2D eigenvalue weighted by Crippen LogP contribution is 2.28. The van der Waals surface area contributed by atoms with E-state index in [9.17, 15) is 0 Å². The second-order valence-electron chi connectivity index (χ2n) is 4.19. The second kappa shape index (κ2) is 6.02. The molecule has 2 aromatic carbocycles. The number of benzene rings is 2. The number of rotatable bonds is 4. The molecular weight excluding hydrogens is 216 g/mol. The summed E-state index contributed by atoms with van der Waals surface area (Å²) in [6.07, 6.45) is 7.34. The lowest BCUT2D eigenvalue weighted by molar-refractivity contribution is 1.23. The Kier molecular flexibility index (Phi) is 4.14. The Labute approximate surface area is 109 Å². The van der Waals surface area contributed by atoms with E-state index >= 15 is 0 Å². The summed E-state index contributed by atoms with van der Waals surface area (Å²) < 4.78 is 0. The molecule has 0 aliphatic heterocycles. The first-order valence-electron chi connectivity index (χ1n) is 6.34. The molecule has 0 heterocycles. The first-order valence-corrected chi connectivity index (χ1v) is 6.34. The number of hydrogen-bond donors (Lipinski definition) is 0. The minimum absolute atomic E-state index is 1.05. The average molecular weight is 234 g/mol. The highest BCUT2D eigenvalue weighted by molar-refractivity contribution is 5.81. The molecule has 0 bridgehead atoms. The Hall–Kier alpha value is -2.08. The zero-order valence-corrected chi connectivity index (χ0v) is 10.8. The predicted molar refractivity (Wildman–Crippen MR) is 81.3 cm³/mol. The van der Waals surface area contributed by atoms with Crippen molar-refractivity contribution in [2.24, 2.45) is 0 Å². The van der Waals surface area contributed by atoms with Gasteiger partial charge in [-0.15, -0.1) is 0 Å². The molecule has 0 aliphatic carbocycles. The van der Waals surface area contributed by atoms with Gasteiger partial charge < -0.3 is 0 Å². The van der Waals surface area contributed by atoms with Gasteiger partial charge in [0, 0.05) is 0 Å². The fourth-order valence-electron chi connectivity index (χ4n) is 2.05. The molecule has 0 atom stereocenters. The first kappa shape index (κ1) is 12.4. The van der Waals surface area contributed by atoms with E-state index < -0.39 is 0 Å². The van der Waals surface area contributed by atoms with Crippen LogP contribution >= 0.6 is 0 Å². The van der Waals surface area contributed by atoms with Crippen LogP contribution in [-0.4, -0.2) is 0 Å². The van der Waals surface area contributed by atoms with Crippen LogP contribution in [-0.2, 0) is 0 Å². The van der Waals surface area contributed by atoms with Gasteiger partial charge in [-0.3, -0.25) is 0 Å². The van der Waals surface area contributed by atoms with Crippen molar-refractivity contribution in [2.75, 3.05) is 0 Å². The van der Waals surface area contributed by atoms with Gasteiger partial charge in [-0.25, -0.2) is 0 Å². The van der Waals surface area contributed by atoms with Crippen LogP contribution < -0.4 is 0 Å². The van der Waals surface area contributed by atoms with Crippen molar-refractivity contribution < 1.29 is 0 Å². The lowest BCUT2D eigenvalue weighted by Gasteiger charge is -2.09. The number of hydrogen-bond acceptors (Lipinski definition) is 0. The molecular formula is C18H18. The lowest BCUT2D eigenvalue weighted by atomic mass is 9.95. The normalized spacial score (nSPS) is 10.7. The fourth-order valence-corrected chi connectivity index (χ4v) is 2.05. The standard InChI is InChI=1S/C18H18/c1-3-5-10-16-12-7-9-14-18(16)17-13-8-6-11-15(17)4-2/h4-14H,2-3H2,1H3. The second-order valence-corrected chi connectivity index (χ2v) is 4.19. The van der Waals surface area contributed by atoms with E-state index in [4.69, 9.17) is 0 Å².